The van der Waals surface area contributed by atoms with Gasteiger partial charge >= 0.3 is 11.9 Å². The number of benzene rings is 1. The average molecular weight is 299 g/mol. The van der Waals surface area contributed by atoms with Crippen LogP contribution in [0.25, 0.3) is 0 Å². The van der Waals surface area contributed by atoms with Crippen LogP contribution in [-0.2, 0) is 20.6 Å². The van der Waals surface area contributed by atoms with E-state index in [-0.39, 0.29) is 19.0 Å². The predicted octanol–water partition coefficient (Wildman–Crippen LogP) is 0.734. The minimum absolute atomic E-state index is 0.117. The van der Waals surface area contributed by atoms with Crippen molar-refractivity contribution in [1.29, 1.82) is 0 Å². The summed E-state index contributed by atoms with van der Waals surface area (Å²) in [7, 11) is -2.75. The molecule has 0 heterocycles. The Morgan fingerprint density at radius 3 is 2.55 bits per heavy atom. The lowest BCUT2D eigenvalue weighted by atomic mass is 10.2. The Morgan fingerprint density at radius 2 is 2.00 bits per heavy atom. The smallest absolute Gasteiger partial charge is 0.320 e. The summed E-state index contributed by atoms with van der Waals surface area (Å²) in [5, 5.41) is 18.0. The average Bonchev–Trinajstić information content (AvgIpc) is 2.35. The third-order valence-electron chi connectivity index (χ3n) is 3.00. The highest BCUT2D eigenvalue weighted by molar-refractivity contribution is 7.70. The third kappa shape index (κ3) is 4.79. The molecule has 0 saturated heterocycles. The van der Waals surface area contributed by atoms with Gasteiger partial charge in [-0.15, -0.1) is 0 Å². The monoisotopic (exact) mass is 299 g/mol. The van der Waals surface area contributed by atoms with Gasteiger partial charge in [0.15, 0.2) is 0 Å². The summed E-state index contributed by atoms with van der Waals surface area (Å²) in [4.78, 5) is 21.3. The van der Waals surface area contributed by atoms with Crippen molar-refractivity contribution in [2.24, 2.45) is 5.73 Å². The van der Waals surface area contributed by atoms with E-state index in [1.165, 1.54) is 0 Å². The first-order chi connectivity index (χ1) is 9.22. The predicted molar refractivity (Wildman–Crippen MR) is 76.0 cm³/mol. The van der Waals surface area contributed by atoms with E-state index in [2.05, 4.69) is 0 Å². The summed E-state index contributed by atoms with van der Waals surface area (Å²) < 4.78 is 12.6. The van der Waals surface area contributed by atoms with Gasteiger partial charge in [-0.3, -0.25) is 9.59 Å². The summed E-state index contributed by atoms with van der Waals surface area (Å²) in [5.74, 6) is -2.08. The van der Waals surface area contributed by atoms with Gasteiger partial charge in [-0.05, 0) is 24.7 Å². The second-order valence-electron chi connectivity index (χ2n) is 4.80. The van der Waals surface area contributed by atoms with Gasteiger partial charge in [0.2, 0.25) is 0 Å². The second kappa shape index (κ2) is 6.68. The molecule has 7 heteroatoms. The molecule has 0 radical (unpaired) electrons. The van der Waals surface area contributed by atoms with Gasteiger partial charge in [0, 0.05) is 11.5 Å². The van der Waals surface area contributed by atoms with Crippen molar-refractivity contribution in [2.75, 3.05) is 12.8 Å². The topological polar surface area (TPSA) is 118 Å². The van der Waals surface area contributed by atoms with Crippen LogP contribution in [0.3, 0.4) is 0 Å². The van der Waals surface area contributed by atoms with E-state index in [9.17, 15) is 14.2 Å². The van der Waals surface area contributed by atoms with Crippen molar-refractivity contribution in [3.63, 3.8) is 0 Å². The molecule has 1 aromatic rings. The zero-order chi connectivity index (χ0) is 15.3. The Bertz CT molecular complexity index is 557. The van der Waals surface area contributed by atoms with E-state index < -0.39 is 25.1 Å². The van der Waals surface area contributed by atoms with Crippen molar-refractivity contribution in [3.05, 3.63) is 29.8 Å². The van der Waals surface area contributed by atoms with Crippen molar-refractivity contribution in [1.82, 2.24) is 0 Å². The Labute approximate surface area is 117 Å². The first-order valence-corrected chi connectivity index (χ1v) is 8.42. The molecule has 2 atom stereocenters. The highest BCUT2D eigenvalue weighted by atomic mass is 31.2. The minimum Gasteiger partial charge on any atom is -0.481 e. The lowest BCUT2D eigenvalue weighted by Gasteiger charge is -2.15. The van der Waals surface area contributed by atoms with Gasteiger partial charge in [0.1, 0.15) is 13.2 Å². The summed E-state index contributed by atoms with van der Waals surface area (Å²) in [6.07, 6.45) is 0.158. The maximum atomic E-state index is 12.6. The highest BCUT2D eigenvalue weighted by Gasteiger charge is 2.22. The number of rotatable bonds is 7. The van der Waals surface area contributed by atoms with E-state index >= 15 is 0 Å². The summed E-state index contributed by atoms with van der Waals surface area (Å²) in [5.41, 5.74) is 5.97. The molecule has 0 aliphatic carbocycles. The number of hydrogen-bond acceptors (Lipinski definition) is 4. The van der Waals surface area contributed by atoms with Crippen LogP contribution in [-0.4, -0.2) is 41.0 Å². The number of aliphatic carboxylic acids is 2. The minimum atomic E-state index is -2.75. The fraction of sp³-hybridized carbons (Fsp3) is 0.385. The molecule has 0 amide bonds. The van der Waals surface area contributed by atoms with Crippen LogP contribution in [0.2, 0.25) is 0 Å². The van der Waals surface area contributed by atoms with Gasteiger partial charge < -0.3 is 20.5 Å². The van der Waals surface area contributed by atoms with Crippen LogP contribution in [0.15, 0.2) is 24.3 Å². The molecular weight excluding hydrogens is 281 g/mol. The molecule has 110 valence electrons. The second-order valence-corrected chi connectivity index (χ2v) is 7.96. The Hall–Kier alpha value is -1.65. The van der Waals surface area contributed by atoms with Crippen molar-refractivity contribution < 1.29 is 24.4 Å². The number of carbonyl (C=O) groups is 2. The van der Waals surface area contributed by atoms with Gasteiger partial charge in [-0.2, -0.15) is 0 Å². The molecule has 0 saturated carbocycles. The van der Waals surface area contributed by atoms with Crippen LogP contribution in [0.4, 0.5) is 0 Å². The SMILES string of the molecule is CP(=O)(CCC(N)C(=O)O)c1cccc(CC(=O)O)c1. The molecule has 4 N–H and O–H groups in total. The Morgan fingerprint density at radius 1 is 1.35 bits per heavy atom. The fourth-order valence-electron chi connectivity index (χ4n) is 1.77. The van der Waals surface area contributed by atoms with Crippen molar-refractivity contribution in [2.45, 2.75) is 18.9 Å². The standard InChI is InChI=1S/C13H18NO5P/c1-20(19,6-5-11(14)13(17)18)10-4-2-3-9(7-10)8-12(15)16/h2-4,7,11H,5-6,8,14H2,1H3,(H,15,16)(H,17,18). The number of carboxylic acids is 2. The van der Waals surface area contributed by atoms with Crippen molar-refractivity contribution in [3.8, 4) is 0 Å². The Kier molecular flexibility index (Phi) is 5.48. The molecule has 0 spiro atoms. The molecule has 0 aliphatic rings. The van der Waals surface area contributed by atoms with Crippen LogP contribution in [0.1, 0.15) is 12.0 Å². The van der Waals surface area contributed by atoms with Gasteiger partial charge in [0.05, 0.1) is 6.42 Å². The fourth-order valence-corrected chi connectivity index (χ4v) is 3.64. The first-order valence-electron chi connectivity index (χ1n) is 6.08. The van der Waals surface area contributed by atoms with E-state index in [1.54, 1.807) is 30.9 Å². The summed E-state index contributed by atoms with van der Waals surface area (Å²) in [6, 6.07) is 5.53. The van der Waals surface area contributed by atoms with Gasteiger partial charge in [-0.1, -0.05) is 18.2 Å². The number of carboxylic acid groups (broad SMARTS) is 2. The van der Waals surface area contributed by atoms with E-state index in [1.807, 2.05) is 0 Å². The van der Waals surface area contributed by atoms with Gasteiger partial charge in [0.25, 0.3) is 0 Å². The maximum absolute atomic E-state index is 12.6. The zero-order valence-electron chi connectivity index (χ0n) is 11.2. The van der Waals surface area contributed by atoms with E-state index in [4.69, 9.17) is 15.9 Å². The van der Waals surface area contributed by atoms with Crippen LogP contribution >= 0.6 is 7.14 Å². The highest BCUT2D eigenvalue weighted by Crippen LogP contribution is 2.40. The van der Waals surface area contributed by atoms with Gasteiger partial charge in [-0.25, -0.2) is 0 Å². The summed E-state index contributed by atoms with van der Waals surface area (Å²) in [6.45, 7) is 1.56. The molecule has 20 heavy (non-hydrogen) atoms. The largest absolute Gasteiger partial charge is 0.481 e. The molecular formula is C13H18NO5P. The molecule has 0 bridgehead atoms. The molecule has 1 rings (SSSR count). The van der Waals surface area contributed by atoms with Crippen LogP contribution in [0.5, 0.6) is 0 Å². The molecule has 0 aromatic heterocycles. The first kappa shape index (κ1) is 16.4. The van der Waals surface area contributed by atoms with E-state index in [0.717, 1.165) is 0 Å². The number of nitrogens with two attached hydrogens (primary N) is 1. The molecule has 0 fully saturated rings. The lowest BCUT2D eigenvalue weighted by Crippen LogP contribution is -2.31. The maximum Gasteiger partial charge on any atom is 0.320 e. The quantitative estimate of drug-likeness (QED) is 0.639. The molecule has 1 aromatic carbocycles. The zero-order valence-corrected chi connectivity index (χ0v) is 12.0. The summed E-state index contributed by atoms with van der Waals surface area (Å²) >= 11 is 0. The van der Waals surface area contributed by atoms with Crippen LogP contribution < -0.4 is 11.0 Å². The molecule has 2 unspecified atom stereocenters. The van der Waals surface area contributed by atoms with Crippen LogP contribution in [0, 0.1) is 0 Å². The molecule has 0 aliphatic heterocycles. The van der Waals surface area contributed by atoms with Crippen molar-refractivity contribution >= 4 is 24.4 Å². The van der Waals surface area contributed by atoms with E-state index in [0.29, 0.717) is 10.9 Å². The lowest BCUT2D eigenvalue weighted by molar-refractivity contribution is -0.138. The Balaban J connectivity index is 2.84. The normalized spacial score (nSPS) is 15.3. The number of hydrogen-bond donors (Lipinski definition) is 3. The third-order valence-corrected chi connectivity index (χ3v) is 5.48. The molecule has 6 nitrogen and oxygen atoms in total.